The molecule has 3 N–H and O–H groups in total. The van der Waals surface area contributed by atoms with Gasteiger partial charge in [-0.15, -0.1) is 0 Å². The normalized spacial score (nSPS) is 15.4. The molecule has 42 heavy (non-hydrogen) atoms. The number of amides is 2. The first kappa shape index (κ1) is 29.1. The molecule has 0 radical (unpaired) electrons. The number of hydrogen-bond donors (Lipinski definition) is 3. The molecule has 2 heterocycles. The minimum absolute atomic E-state index is 0.0397. The molecule has 13 heteroatoms. The van der Waals surface area contributed by atoms with Crippen LogP contribution < -0.4 is 15.5 Å². The average molecular weight is 588 g/mol. The van der Waals surface area contributed by atoms with Gasteiger partial charge >= 0.3 is 12.1 Å². The second-order valence-corrected chi connectivity index (χ2v) is 10.6. The molecule has 5 rings (SSSR count). The quantitative estimate of drug-likeness (QED) is 0.282. The topological polar surface area (TPSA) is 117 Å². The summed E-state index contributed by atoms with van der Waals surface area (Å²) in [6.45, 7) is 0.119. The van der Waals surface area contributed by atoms with E-state index in [9.17, 15) is 37.1 Å². The van der Waals surface area contributed by atoms with Gasteiger partial charge in [-0.2, -0.15) is 18.3 Å². The molecule has 1 saturated heterocycles. The first-order valence-corrected chi connectivity index (χ1v) is 13.6. The van der Waals surface area contributed by atoms with Crippen LogP contribution in [0.15, 0.2) is 42.6 Å². The minimum atomic E-state index is -4.50. The Balaban J connectivity index is 1.45. The summed E-state index contributed by atoms with van der Waals surface area (Å²) in [5, 5.41) is 18.5. The number of carboxylic acids is 1. The molecule has 2 aliphatic rings. The summed E-state index contributed by atoms with van der Waals surface area (Å²) in [4.78, 5) is 40.0. The number of nitrogens with one attached hydrogen (secondary N) is 2. The maximum Gasteiger partial charge on any atom is 0.408 e. The van der Waals surface area contributed by atoms with Gasteiger partial charge in [0.25, 0.3) is 11.8 Å². The lowest BCUT2D eigenvalue weighted by molar-refractivity contribution is -0.142. The van der Waals surface area contributed by atoms with Crippen molar-refractivity contribution in [2.75, 3.05) is 28.6 Å². The molecule has 1 aromatic heterocycles. The van der Waals surface area contributed by atoms with Crippen molar-refractivity contribution in [1.29, 1.82) is 0 Å². The van der Waals surface area contributed by atoms with E-state index in [2.05, 4.69) is 20.6 Å². The maximum atomic E-state index is 13.7. The molecule has 0 atom stereocenters. The first-order valence-electron chi connectivity index (χ1n) is 13.6. The van der Waals surface area contributed by atoms with Crippen LogP contribution in [-0.2, 0) is 17.8 Å². The van der Waals surface area contributed by atoms with Gasteiger partial charge in [-0.25, -0.2) is 4.39 Å². The van der Waals surface area contributed by atoms with Crippen molar-refractivity contribution in [3.63, 3.8) is 0 Å². The number of carbonyl (C=O) groups is 3. The second kappa shape index (κ2) is 11.8. The van der Waals surface area contributed by atoms with Gasteiger partial charge in [-0.3, -0.25) is 19.1 Å². The number of halogens is 4. The van der Waals surface area contributed by atoms with Gasteiger partial charge in [-0.1, -0.05) is 0 Å². The molecule has 1 aliphatic heterocycles. The largest absolute Gasteiger partial charge is 0.481 e. The molecule has 1 saturated carbocycles. The van der Waals surface area contributed by atoms with Crippen LogP contribution in [0.2, 0.25) is 0 Å². The van der Waals surface area contributed by atoms with E-state index < -0.39 is 42.7 Å². The van der Waals surface area contributed by atoms with Crippen molar-refractivity contribution < 1.29 is 37.1 Å². The summed E-state index contributed by atoms with van der Waals surface area (Å²) < 4.78 is 53.6. The Hall–Kier alpha value is -4.42. The molecule has 2 aromatic carbocycles. The summed E-state index contributed by atoms with van der Waals surface area (Å²) >= 11 is 0. The van der Waals surface area contributed by atoms with E-state index in [1.807, 2.05) is 0 Å². The number of carboxylic acid groups (broad SMARTS) is 1. The van der Waals surface area contributed by atoms with Crippen LogP contribution in [0.3, 0.4) is 0 Å². The number of rotatable bonds is 9. The molecule has 9 nitrogen and oxygen atoms in total. The van der Waals surface area contributed by atoms with E-state index in [0.717, 1.165) is 62.0 Å². The van der Waals surface area contributed by atoms with Gasteiger partial charge < -0.3 is 20.6 Å². The molecule has 3 aromatic rings. The van der Waals surface area contributed by atoms with Crippen molar-refractivity contribution in [3.8, 4) is 0 Å². The number of aliphatic carboxylic acids is 1. The zero-order valence-corrected chi connectivity index (χ0v) is 22.5. The van der Waals surface area contributed by atoms with E-state index in [0.29, 0.717) is 11.3 Å². The predicted octanol–water partition coefficient (Wildman–Crippen LogP) is 5.58. The van der Waals surface area contributed by atoms with Crippen molar-refractivity contribution in [2.24, 2.45) is 0 Å². The highest BCUT2D eigenvalue weighted by Gasteiger charge is 2.34. The SMILES string of the molecule is O=C(O)Cc1cc(F)ccc1NC(=O)c1ccc(N2CCCCC2)c(NC(=O)c2nn(CC(F)(F)F)cc2C2CC2)c1. The van der Waals surface area contributed by atoms with Crippen LogP contribution in [0.5, 0.6) is 0 Å². The Morgan fingerprint density at radius 1 is 0.952 bits per heavy atom. The number of alkyl halides is 3. The smallest absolute Gasteiger partial charge is 0.408 e. The van der Waals surface area contributed by atoms with Crippen LogP contribution >= 0.6 is 0 Å². The van der Waals surface area contributed by atoms with Gasteiger partial charge in [-0.05, 0) is 80.0 Å². The van der Waals surface area contributed by atoms with Gasteiger partial charge in [0.05, 0.1) is 17.8 Å². The van der Waals surface area contributed by atoms with Gasteiger partial charge in [0, 0.05) is 36.1 Å². The Bertz CT molecular complexity index is 1510. The third-order valence-electron chi connectivity index (χ3n) is 7.22. The fourth-order valence-corrected chi connectivity index (χ4v) is 5.13. The monoisotopic (exact) mass is 587 g/mol. The number of hydrogen-bond acceptors (Lipinski definition) is 5. The number of aromatic nitrogens is 2. The van der Waals surface area contributed by atoms with Gasteiger partial charge in [0.1, 0.15) is 12.4 Å². The van der Waals surface area contributed by atoms with E-state index in [4.69, 9.17) is 0 Å². The first-order chi connectivity index (χ1) is 20.0. The number of carbonyl (C=O) groups excluding carboxylic acids is 2. The highest BCUT2D eigenvalue weighted by atomic mass is 19.4. The Morgan fingerprint density at radius 2 is 1.67 bits per heavy atom. The predicted molar refractivity (Wildman–Crippen MR) is 146 cm³/mol. The second-order valence-electron chi connectivity index (χ2n) is 10.6. The summed E-state index contributed by atoms with van der Waals surface area (Å²) in [7, 11) is 0. The summed E-state index contributed by atoms with van der Waals surface area (Å²) in [5.41, 5.74) is 1.62. The molecule has 222 valence electrons. The fourth-order valence-electron chi connectivity index (χ4n) is 5.13. The van der Waals surface area contributed by atoms with Crippen LogP contribution in [0.25, 0.3) is 0 Å². The maximum absolute atomic E-state index is 13.7. The number of benzene rings is 2. The number of nitrogens with zero attached hydrogens (tertiary/aromatic N) is 3. The van der Waals surface area contributed by atoms with E-state index in [1.54, 1.807) is 12.1 Å². The zero-order valence-electron chi connectivity index (χ0n) is 22.5. The molecular formula is C29H29F4N5O4. The van der Waals surface area contributed by atoms with E-state index in [-0.39, 0.29) is 34.1 Å². The lowest BCUT2D eigenvalue weighted by atomic mass is 10.1. The lowest BCUT2D eigenvalue weighted by Crippen LogP contribution is -2.30. The average Bonchev–Trinajstić information content (AvgIpc) is 3.69. The van der Waals surface area contributed by atoms with Gasteiger partial charge in [0.2, 0.25) is 0 Å². The van der Waals surface area contributed by atoms with Crippen molar-refractivity contribution >= 4 is 34.8 Å². The molecule has 2 fully saturated rings. The molecule has 2 amide bonds. The molecular weight excluding hydrogens is 558 g/mol. The highest BCUT2D eigenvalue weighted by Crippen LogP contribution is 2.42. The van der Waals surface area contributed by atoms with Crippen LogP contribution in [0.4, 0.5) is 34.6 Å². The number of piperidine rings is 1. The minimum Gasteiger partial charge on any atom is -0.481 e. The van der Waals surface area contributed by atoms with Crippen molar-refractivity contribution in [3.05, 3.63) is 70.8 Å². The lowest BCUT2D eigenvalue weighted by Gasteiger charge is -2.30. The fraction of sp³-hybridized carbons (Fsp3) is 0.379. The third-order valence-corrected chi connectivity index (χ3v) is 7.22. The molecule has 0 spiro atoms. The molecule has 1 aliphatic carbocycles. The summed E-state index contributed by atoms with van der Waals surface area (Å²) in [6.07, 6.45) is 0.676. The summed E-state index contributed by atoms with van der Waals surface area (Å²) in [6, 6.07) is 8.10. The van der Waals surface area contributed by atoms with Crippen molar-refractivity contribution in [2.45, 2.75) is 57.2 Å². The van der Waals surface area contributed by atoms with E-state index >= 15 is 0 Å². The third kappa shape index (κ3) is 7.07. The zero-order chi connectivity index (χ0) is 30.0. The Morgan fingerprint density at radius 3 is 2.33 bits per heavy atom. The Labute approximate surface area is 238 Å². The van der Waals surface area contributed by atoms with E-state index in [1.165, 1.54) is 18.3 Å². The van der Waals surface area contributed by atoms with Crippen LogP contribution in [0.1, 0.15) is 70.0 Å². The van der Waals surface area contributed by atoms with Gasteiger partial charge in [0.15, 0.2) is 5.69 Å². The number of anilines is 3. The highest BCUT2D eigenvalue weighted by molar-refractivity contribution is 6.09. The van der Waals surface area contributed by atoms with Crippen molar-refractivity contribution in [1.82, 2.24) is 9.78 Å². The van der Waals surface area contributed by atoms with Crippen LogP contribution in [-0.4, -0.2) is 51.9 Å². The molecule has 0 bridgehead atoms. The standard InChI is InChI=1S/C29H29F4N5O4/c30-20-7-8-22(19(12-20)14-25(39)40)34-27(41)18-6-9-24(37-10-2-1-3-11-37)23(13-18)35-28(42)26-21(17-4-5-17)15-38(36-26)16-29(31,32)33/h6-9,12-13,15,17H,1-5,10-11,14,16H2,(H,34,41)(H,35,42)(H,39,40). The molecule has 0 unspecified atom stereocenters. The summed E-state index contributed by atoms with van der Waals surface area (Å²) in [5.74, 6) is -3.20. The van der Waals surface area contributed by atoms with Crippen LogP contribution in [0, 0.1) is 5.82 Å². The Kier molecular flexibility index (Phi) is 8.19.